The predicted molar refractivity (Wildman–Crippen MR) is 116 cm³/mol. The maximum atomic E-state index is 11.2. The zero-order chi connectivity index (χ0) is 20.2. The molecule has 0 unspecified atom stereocenters. The van der Waals surface area contributed by atoms with Gasteiger partial charge in [0.2, 0.25) is 11.8 Å². The van der Waals surface area contributed by atoms with Crippen molar-refractivity contribution >= 4 is 16.7 Å². The molecule has 0 aliphatic carbocycles. The molecule has 1 amide bonds. The van der Waals surface area contributed by atoms with Crippen LogP contribution in [0.3, 0.4) is 0 Å². The molecule has 0 radical (unpaired) electrons. The number of hydrogen-bond donors (Lipinski definition) is 1. The number of carbonyl (C=O) groups excluding carboxylic acids is 1. The van der Waals surface area contributed by atoms with Crippen molar-refractivity contribution in [3.05, 3.63) is 53.9 Å². The summed E-state index contributed by atoms with van der Waals surface area (Å²) in [7, 11) is 0. The van der Waals surface area contributed by atoms with Crippen LogP contribution in [0.5, 0.6) is 0 Å². The fourth-order valence-corrected chi connectivity index (χ4v) is 4.30. The Kier molecular flexibility index (Phi) is 5.95. The zero-order valence-corrected chi connectivity index (χ0v) is 17.3. The second-order valence-electron chi connectivity index (χ2n) is 7.94. The number of amides is 1. The van der Waals surface area contributed by atoms with Crippen molar-refractivity contribution in [1.29, 1.82) is 0 Å². The third-order valence-electron chi connectivity index (χ3n) is 5.87. The highest BCUT2D eigenvalue weighted by molar-refractivity contribution is 5.94. The summed E-state index contributed by atoms with van der Waals surface area (Å²) in [5.41, 5.74) is 2.05. The minimum Gasteiger partial charge on any atom is -0.441 e. The van der Waals surface area contributed by atoms with Crippen molar-refractivity contribution in [2.24, 2.45) is 0 Å². The zero-order valence-electron chi connectivity index (χ0n) is 17.3. The van der Waals surface area contributed by atoms with Gasteiger partial charge >= 0.3 is 0 Å². The molecule has 1 N–H and O–H groups in total. The Labute approximate surface area is 172 Å². The lowest BCUT2D eigenvalue weighted by molar-refractivity contribution is -0.119. The number of nitrogens with one attached hydrogen (secondary N) is 1. The fourth-order valence-electron chi connectivity index (χ4n) is 4.30. The Balaban J connectivity index is 1.53. The second-order valence-corrected chi connectivity index (χ2v) is 7.94. The largest absolute Gasteiger partial charge is 0.441 e. The van der Waals surface area contributed by atoms with Crippen LogP contribution in [0, 0.1) is 6.92 Å². The smallest absolute Gasteiger partial charge is 0.227 e. The first-order chi connectivity index (χ1) is 14.1. The van der Waals surface area contributed by atoms with E-state index < -0.39 is 0 Å². The fraction of sp³-hybridized carbons (Fsp3) is 0.417. The molecule has 2 aromatic carbocycles. The molecular formula is C24H29N3O2. The third-order valence-corrected chi connectivity index (χ3v) is 5.87. The minimum atomic E-state index is 0.0411. The van der Waals surface area contributed by atoms with Gasteiger partial charge in [-0.15, -0.1) is 0 Å². The van der Waals surface area contributed by atoms with Crippen LogP contribution in [0.25, 0.3) is 22.2 Å². The molecule has 29 heavy (non-hydrogen) atoms. The van der Waals surface area contributed by atoms with E-state index in [0.717, 1.165) is 48.5 Å². The van der Waals surface area contributed by atoms with E-state index >= 15 is 0 Å². The van der Waals surface area contributed by atoms with Crippen molar-refractivity contribution in [2.45, 2.75) is 52.1 Å². The summed E-state index contributed by atoms with van der Waals surface area (Å²) in [4.78, 5) is 18.6. The first-order valence-corrected chi connectivity index (χ1v) is 10.5. The molecule has 0 spiro atoms. The van der Waals surface area contributed by atoms with Gasteiger partial charge in [0.15, 0.2) is 0 Å². The molecule has 1 atom stereocenters. The monoisotopic (exact) mass is 391 g/mol. The normalized spacial score (nSPS) is 17.5. The van der Waals surface area contributed by atoms with E-state index in [4.69, 9.17) is 9.40 Å². The van der Waals surface area contributed by atoms with E-state index in [-0.39, 0.29) is 5.91 Å². The summed E-state index contributed by atoms with van der Waals surface area (Å²) < 4.78 is 6.10. The van der Waals surface area contributed by atoms with Crippen LogP contribution in [0.4, 0.5) is 0 Å². The lowest BCUT2D eigenvalue weighted by Crippen LogP contribution is -2.41. The maximum Gasteiger partial charge on any atom is 0.227 e. The van der Waals surface area contributed by atoms with Gasteiger partial charge in [-0.1, -0.05) is 42.8 Å². The number of rotatable bonds is 6. The number of benzene rings is 2. The van der Waals surface area contributed by atoms with Crippen LogP contribution < -0.4 is 5.32 Å². The second kappa shape index (κ2) is 8.78. The number of fused-ring (bicyclic) bond motifs is 1. The molecule has 1 aliphatic heterocycles. The Morgan fingerprint density at radius 1 is 1.21 bits per heavy atom. The Hall–Kier alpha value is -2.66. The summed E-state index contributed by atoms with van der Waals surface area (Å²) in [5.74, 6) is 1.62. The van der Waals surface area contributed by atoms with Gasteiger partial charge in [-0.3, -0.25) is 9.69 Å². The van der Waals surface area contributed by atoms with Crippen LogP contribution in [-0.2, 0) is 11.3 Å². The van der Waals surface area contributed by atoms with Gasteiger partial charge in [-0.05, 0) is 49.6 Å². The van der Waals surface area contributed by atoms with Gasteiger partial charge in [0.1, 0.15) is 5.76 Å². The maximum absolute atomic E-state index is 11.2. The van der Waals surface area contributed by atoms with Gasteiger partial charge < -0.3 is 9.73 Å². The van der Waals surface area contributed by atoms with E-state index in [0.29, 0.717) is 11.9 Å². The summed E-state index contributed by atoms with van der Waals surface area (Å²) in [5, 5.41) is 5.28. The third kappa shape index (κ3) is 4.51. The first-order valence-electron chi connectivity index (χ1n) is 10.5. The Bertz CT molecular complexity index is 989. The van der Waals surface area contributed by atoms with E-state index in [9.17, 15) is 4.79 Å². The minimum absolute atomic E-state index is 0.0411. The highest BCUT2D eigenvalue weighted by Crippen LogP contribution is 2.30. The SMILES string of the molecule is CC(=O)NCC[C@@H]1CCCCN1Cc1nc(-c2cccc3ccccc23)oc1C. The number of aromatic nitrogens is 1. The molecule has 5 nitrogen and oxygen atoms in total. The number of hydrogen-bond acceptors (Lipinski definition) is 4. The van der Waals surface area contributed by atoms with Crippen molar-refractivity contribution in [3.8, 4) is 11.5 Å². The molecule has 152 valence electrons. The van der Waals surface area contributed by atoms with Gasteiger partial charge in [0.25, 0.3) is 0 Å². The molecule has 0 saturated carbocycles. The Morgan fingerprint density at radius 2 is 2.03 bits per heavy atom. The summed E-state index contributed by atoms with van der Waals surface area (Å²) in [6, 6.07) is 15.1. The average molecular weight is 392 g/mol. The number of piperidine rings is 1. The molecule has 1 aromatic heterocycles. The van der Waals surface area contributed by atoms with E-state index in [1.165, 1.54) is 24.6 Å². The molecular weight excluding hydrogens is 362 g/mol. The lowest BCUT2D eigenvalue weighted by Gasteiger charge is -2.35. The first kappa shape index (κ1) is 19.6. The molecule has 4 rings (SSSR count). The van der Waals surface area contributed by atoms with E-state index in [1.807, 2.05) is 6.92 Å². The highest BCUT2D eigenvalue weighted by atomic mass is 16.4. The lowest BCUT2D eigenvalue weighted by atomic mass is 9.99. The number of carbonyl (C=O) groups is 1. The summed E-state index contributed by atoms with van der Waals surface area (Å²) in [6.07, 6.45) is 4.61. The van der Waals surface area contributed by atoms with Crippen molar-refractivity contribution in [2.75, 3.05) is 13.1 Å². The number of aryl methyl sites for hydroxylation is 1. The van der Waals surface area contributed by atoms with Crippen LogP contribution >= 0.6 is 0 Å². The van der Waals surface area contributed by atoms with Crippen LogP contribution in [0.2, 0.25) is 0 Å². The molecule has 3 aromatic rings. The van der Waals surface area contributed by atoms with Gasteiger partial charge in [-0.25, -0.2) is 4.98 Å². The molecule has 5 heteroatoms. The summed E-state index contributed by atoms with van der Waals surface area (Å²) >= 11 is 0. The van der Waals surface area contributed by atoms with Crippen LogP contribution in [0.15, 0.2) is 46.9 Å². The number of oxazole rings is 1. The van der Waals surface area contributed by atoms with Gasteiger partial charge in [0.05, 0.1) is 5.69 Å². The average Bonchev–Trinajstić information content (AvgIpc) is 3.09. The van der Waals surface area contributed by atoms with Gasteiger partial charge in [0, 0.05) is 31.6 Å². The highest BCUT2D eigenvalue weighted by Gasteiger charge is 2.24. The van der Waals surface area contributed by atoms with Crippen molar-refractivity contribution in [1.82, 2.24) is 15.2 Å². The predicted octanol–water partition coefficient (Wildman–Crippen LogP) is 4.68. The van der Waals surface area contributed by atoms with Crippen molar-refractivity contribution in [3.63, 3.8) is 0 Å². The van der Waals surface area contributed by atoms with E-state index in [2.05, 4.69) is 52.7 Å². The van der Waals surface area contributed by atoms with Gasteiger partial charge in [-0.2, -0.15) is 0 Å². The topological polar surface area (TPSA) is 58.4 Å². The Morgan fingerprint density at radius 3 is 2.90 bits per heavy atom. The molecule has 1 aliphatic rings. The summed E-state index contributed by atoms with van der Waals surface area (Å²) in [6.45, 7) is 6.18. The van der Waals surface area contributed by atoms with E-state index in [1.54, 1.807) is 6.92 Å². The molecule has 1 fully saturated rings. The molecule has 0 bridgehead atoms. The van der Waals surface area contributed by atoms with Crippen LogP contribution in [-0.4, -0.2) is 34.9 Å². The standard InChI is InChI=1S/C24H29N3O2/c1-17-23(16-27-15-6-5-10-20(27)13-14-25-18(2)28)26-24(29-17)22-12-7-9-19-8-3-4-11-21(19)22/h3-4,7-9,11-12,20H,5-6,10,13-16H2,1-2H3,(H,25,28)/t20-/m0/s1. The van der Waals surface area contributed by atoms with Crippen LogP contribution in [0.1, 0.15) is 44.1 Å². The number of nitrogens with zero attached hydrogens (tertiary/aromatic N) is 2. The number of likely N-dealkylation sites (tertiary alicyclic amines) is 1. The molecule has 2 heterocycles. The molecule has 1 saturated heterocycles. The van der Waals surface area contributed by atoms with Crippen molar-refractivity contribution < 1.29 is 9.21 Å². The quantitative estimate of drug-likeness (QED) is 0.663.